The molecule has 0 radical (unpaired) electrons. The zero-order valence-electron chi connectivity index (χ0n) is 10.7. The number of benzene rings is 1. The molecule has 19 heavy (non-hydrogen) atoms. The molecule has 1 aromatic carbocycles. The van der Waals surface area contributed by atoms with Crippen molar-refractivity contribution in [3.05, 3.63) is 23.8 Å². The molecule has 0 unspecified atom stereocenters. The molecular weight excluding hydrogens is 266 g/mol. The van der Waals surface area contributed by atoms with Gasteiger partial charge in [-0.25, -0.2) is 13.1 Å². The molecule has 0 bridgehead atoms. The van der Waals surface area contributed by atoms with Gasteiger partial charge in [0.1, 0.15) is 4.90 Å². The number of hydrogen-bond acceptors (Lipinski definition) is 4. The fourth-order valence-electron chi connectivity index (χ4n) is 1.78. The van der Waals surface area contributed by atoms with Crippen LogP contribution in [0.15, 0.2) is 28.1 Å². The summed E-state index contributed by atoms with van der Waals surface area (Å²) in [6.45, 7) is 2.36. The average Bonchev–Trinajstić information content (AvgIpc) is 2.38. The summed E-state index contributed by atoms with van der Waals surface area (Å²) in [6, 6.07) is 5.29. The monoisotopic (exact) mass is 283 g/mol. The Kier molecular flexibility index (Phi) is 4.06. The number of fused-ring (bicyclic) bond motifs is 1. The highest BCUT2D eigenvalue weighted by atomic mass is 32.2. The number of sulfonamides is 1. The molecule has 0 fully saturated rings. The highest BCUT2D eigenvalue weighted by Gasteiger charge is 2.26. The van der Waals surface area contributed by atoms with Gasteiger partial charge in [-0.2, -0.15) is 0 Å². The Bertz CT molecular complexity index is 596. The van der Waals surface area contributed by atoms with Crippen LogP contribution in [0.2, 0.25) is 0 Å². The van der Waals surface area contributed by atoms with Crippen molar-refractivity contribution in [3.8, 4) is 0 Å². The Morgan fingerprint density at radius 1 is 1.37 bits per heavy atom. The van der Waals surface area contributed by atoms with Crippen molar-refractivity contribution in [1.82, 2.24) is 4.72 Å². The van der Waals surface area contributed by atoms with Gasteiger partial charge >= 0.3 is 0 Å². The largest absolute Gasteiger partial charge is 0.396 e. The molecule has 7 heteroatoms. The van der Waals surface area contributed by atoms with Gasteiger partial charge < -0.3 is 10.4 Å². The number of hydrogen-bond donors (Lipinski definition) is 3. The second-order valence-corrected chi connectivity index (χ2v) is 5.87. The molecule has 0 amide bonds. The predicted octanol–water partition coefficient (Wildman–Crippen LogP) is 0.691. The molecule has 0 saturated carbocycles. The van der Waals surface area contributed by atoms with Crippen molar-refractivity contribution in [1.29, 1.82) is 0 Å². The van der Waals surface area contributed by atoms with E-state index >= 15 is 0 Å². The normalized spacial score (nSPS) is 18.5. The van der Waals surface area contributed by atoms with E-state index in [0.29, 0.717) is 18.7 Å². The van der Waals surface area contributed by atoms with Gasteiger partial charge in [-0.1, -0.05) is 13.0 Å². The summed E-state index contributed by atoms with van der Waals surface area (Å²) in [5, 5.41) is 11.6. The average molecular weight is 283 g/mol. The van der Waals surface area contributed by atoms with E-state index in [1.165, 1.54) is 0 Å². The maximum atomic E-state index is 12.1. The third kappa shape index (κ3) is 3.05. The number of aryl methyl sites for hydroxylation is 1. The molecule has 6 nitrogen and oxygen atoms in total. The maximum Gasteiger partial charge on any atom is 0.266 e. The molecule has 0 aromatic heterocycles. The fraction of sp³-hybridized carbons (Fsp3) is 0.417. The van der Waals surface area contributed by atoms with Crippen LogP contribution in [-0.4, -0.2) is 32.6 Å². The molecule has 0 saturated heterocycles. The van der Waals surface area contributed by atoms with Crippen LogP contribution in [0.3, 0.4) is 0 Å². The molecule has 0 spiro atoms. The molecule has 104 valence electrons. The number of anilines is 1. The molecule has 2 rings (SSSR count). The van der Waals surface area contributed by atoms with Crippen molar-refractivity contribution in [2.75, 3.05) is 18.5 Å². The molecule has 1 aliphatic heterocycles. The molecule has 1 heterocycles. The molecule has 1 aromatic rings. The predicted molar refractivity (Wildman–Crippen MR) is 73.8 cm³/mol. The van der Waals surface area contributed by atoms with Crippen molar-refractivity contribution in [2.45, 2.75) is 24.7 Å². The summed E-state index contributed by atoms with van der Waals surface area (Å²) in [5.74, 6) is 0.199. The molecule has 0 aliphatic carbocycles. The first-order valence-corrected chi connectivity index (χ1v) is 7.63. The first-order valence-electron chi connectivity index (χ1n) is 6.15. The van der Waals surface area contributed by atoms with Crippen LogP contribution < -0.4 is 10.0 Å². The van der Waals surface area contributed by atoms with E-state index in [2.05, 4.69) is 15.0 Å². The third-order valence-electron chi connectivity index (χ3n) is 2.81. The van der Waals surface area contributed by atoms with Crippen molar-refractivity contribution in [3.63, 3.8) is 0 Å². The first-order chi connectivity index (χ1) is 9.06. The minimum Gasteiger partial charge on any atom is -0.396 e. The summed E-state index contributed by atoms with van der Waals surface area (Å²) in [7, 11) is -3.57. The molecule has 0 atom stereocenters. The van der Waals surface area contributed by atoms with E-state index < -0.39 is 10.0 Å². The number of rotatable bonds is 4. The lowest BCUT2D eigenvalue weighted by molar-refractivity contribution is 0.291. The summed E-state index contributed by atoms with van der Waals surface area (Å²) in [4.78, 5) is 4.31. The fourth-order valence-corrected chi connectivity index (χ4v) is 2.98. The van der Waals surface area contributed by atoms with Crippen LogP contribution in [0.5, 0.6) is 0 Å². The topological polar surface area (TPSA) is 90.8 Å². The number of nitrogens with zero attached hydrogens (tertiary/aromatic N) is 1. The van der Waals surface area contributed by atoms with Gasteiger partial charge in [-0.3, -0.25) is 4.99 Å². The van der Waals surface area contributed by atoms with Crippen molar-refractivity contribution < 1.29 is 13.5 Å². The number of aliphatic hydroxyl groups is 1. The van der Waals surface area contributed by atoms with Crippen LogP contribution >= 0.6 is 0 Å². The number of aliphatic imine (C=N–C) groups is 1. The van der Waals surface area contributed by atoms with Gasteiger partial charge in [-0.15, -0.1) is 0 Å². The summed E-state index contributed by atoms with van der Waals surface area (Å²) < 4.78 is 26.6. The van der Waals surface area contributed by atoms with E-state index in [9.17, 15) is 8.42 Å². The summed E-state index contributed by atoms with van der Waals surface area (Å²) in [5.41, 5.74) is 1.49. The molecular formula is C12H17N3O3S. The summed E-state index contributed by atoms with van der Waals surface area (Å²) >= 11 is 0. The number of nitrogens with one attached hydrogen (secondary N) is 2. The standard InChI is InChI=1S/C12H17N3O3S/c1-2-9-4-5-10-11(8-9)19(17,18)15-12(14-10)13-6-3-7-16/h4-5,8,16H,2-3,6-7H2,1H3,(H2,13,14,15). The quantitative estimate of drug-likeness (QED) is 0.709. The maximum absolute atomic E-state index is 12.1. The Hall–Kier alpha value is -1.60. The number of guanidine groups is 1. The Morgan fingerprint density at radius 3 is 2.84 bits per heavy atom. The van der Waals surface area contributed by atoms with Crippen molar-refractivity contribution in [2.24, 2.45) is 4.99 Å². The Balaban J connectivity index is 2.33. The van der Waals surface area contributed by atoms with E-state index in [4.69, 9.17) is 5.11 Å². The van der Waals surface area contributed by atoms with Gasteiger partial charge in [0.05, 0.1) is 5.69 Å². The first kappa shape index (κ1) is 13.8. The van der Waals surface area contributed by atoms with Gasteiger partial charge in [0, 0.05) is 13.2 Å². The minimum atomic E-state index is -3.57. The van der Waals surface area contributed by atoms with Crippen LogP contribution in [0.25, 0.3) is 0 Å². The third-order valence-corrected chi connectivity index (χ3v) is 4.19. The van der Waals surface area contributed by atoms with E-state index in [1.54, 1.807) is 12.1 Å². The molecule has 3 N–H and O–H groups in total. The lowest BCUT2D eigenvalue weighted by Crippen LogP contribution is -2.40. The minimum absolute atomic E-state index is 0.0278. The second kappa shape index (κ2) is 5.58. The van der Waals surface area contributed by atoms with E-state index in [-0.39, 0.29) is 17.5 Å². The van der Waals surface area contributed by atoms with Gasteiger partial charge in [-0.05, 0) is 30.5 Å². The Labute approximate surface area is 112 Å². The van der Waals surface area contributed by atoms with Crippen LogP contribution in [0.4, 0.5) is 5.69 Å². The van der Waals surface area contributed by atoms with E-state index in [0.717, 1.165) is 12.0 Å². The zero-order valence-corrected chi connectivity index (χ0v) is 11.5. The smallest absolute Gasteiger partial charge is 0.266 e. The number of aliphatic hydroxyl groups excluding tert-OH is 1. The summed E-state index contributed by atoms with van der Waals surface area (Å²) in [6.07, 6.45) is 1.27. The van der Waals surface area contributed by atoms with Crippen molar-refractivity contribution >= 4 is 21.7 Å². The highest BCUT2D eigenvalue weighted by Crippen LogP contribution is 2.25. The van der Waals surface area contributed by atoms with Crippen LogP contribution in [0.1, 0.15) is 18.9 Å². The van der Waals surface area contributed by atoms with Crippen LogP contribution in [0, 0.1) is 0 Å². The van der Waals surface area contributed by atoms with Gasteiger partial charge in [0.2, 0.25) is 5.96 Å². The highest BCUT2D eigenvalue weighted by molar-refractivity contribution is 7.90. The lowest BCUT2D eigenvalue weighted by atomic mass is 10.1. The Morgan fingerprint density at radius 2 is 2.16 bits per heavy atom. The zero-order chi connectivity index (χ0) is 13.9. The van der Waals surface area contributed by atoms with Gasteiger partial charge in [0.25, 0.3) is 10.0 Å². The SMILES string of the molecule is CCc1ccc2c(c1)S(=O)(=O)NC(=NCCCO)N2. The van der Waals surface area contributed by atoms with Crippen LogP contribution in [-0.2, 0) is 16.4 Å². The van der Waals surface area contributed by atoms with Gasteiger partial charge in [0.15, 0.2) is 0 Å². The second-order valence-electron chi connectivity index (χ2n) is 4.22. The molecule has 1 aliphatic rings. The van der Waals surface area contributed by atoms with E-state index in [1.807, 2.05) is 13.0 Å². The lowest BCUT2D eigenvalue weighted by Gasteiger charge is -2.22.